The minimum absolute atomic E-state index is 0.0140. The van der Waals surface area contributed by atoms with Crippen LogP contribution in [0.25, 0.3) is 0 Å². The second-order valence-corrected chi connectivity index (χ2v) is 4.61. The van der Waals surface area contributed by atoms with Gasteiger partial charge in [0.05, 0.1) is 5.75 Å². The van der Waals surface area contributed by atoms with Crippen LogP contribution < -0.4 is 0 Å². The molecule has 2 nitrogen and oxygen atoms in total. The Hall–Kier alpha value is -1.10. The number of thioether (sulfide) groups is 1. The molecule has 1 amide bonds. The first-order valence-electron chi connectivity index (χ1n) is 5.02. The Morgan fingerprint density at radius 3 is 2.75 bits per heavy atom. The van der Waals surface area contributed by atoms with E-state index in [1.807, 2.05) is 0 Å². The summed E-state index contributed by atoms with van der Waals surface area (Å²) in [7, 11) is 0. The molecule has 0 aromatic heterocycles. The second-order valence-electron chi connectivity index (χ2n) is 3.60. The molecule has 0 bridgehead atoms. The molecule has 1 aromatic rings. The summed E-state index contributed by atoms with van der Waals surface area (Å²) in [5.74, 6) is -0.816. The Morgan fingerprint density at radius 2 is 2.12 bits per heavy atom. The molecule has 1 aliphatic heterocycles. The van der Waals surface area contributed by atoms with E-state index in [1.54, 1.807) is 4.90 Å². The summed E-state index contributed by atoms with van der Waals surface area (Å²) in [6, 6.07) is 3.26. The van der Waals surface area contributed by atoms with Gasteiger partial charge in [0.1, 0.15) is 11.6 Å². The lowest BCUT2D eigenvalue weighted by molar-refractivity contribution is -0.131. The zero-order chi connectivity index (χ0) is 11.5. The highest BCUT2D eigenvalue weighted by atomic mass is 32.2. The number of hydrogen-bond acceptors (Lipinski definition) is 2. The van der Waals surface area contributed by atoms with Crippen molar-refractivity contribution in [1.29, 1.82) is 0 Å². The highest BCUT2D eigenvalue weighted by molar-refractivity contribution is 8.00. The summed E-state index contributed by atoms with van der Waals surface area (Å²) in [5.41, 5.74) is 0. The van der Waals surface area contributed by atoms with Gasteiger partial charge in [-0.1, -0.05) is 0 Å². The number of carbonyl (C=O) groups excluding carboxylic acids is 1. The van der Waals surface area contributed by atoms with E-state index < -0.39 is 11.6 Å². The Bertz CT molecular complexity index is 407. The Morgan fingerprint density at radius 1 is 1.38 bits per heavy atom. The van der Waals surface area contributed by atoms with Crippen LogP contribution >= 0.6 is 11.8 Å². The van der Waals surface area contributed by atoms with E-state index in [4.69, 9.17) is 0 Å². The normalized spacial score (nSPS) is 14.8. The summed E-state index contributed by atoms with van der Waals surface area (Å²) in [6.07, 6.45) is 1.03. The van der Waals surface area contributed by atoms with Crippen LogP contribution in [0.1, 0.15) is 6.42 Å². The minimum Gasteiger partial charge on any atom is -0.342 e. The maximum Gasteiger partial charge on any atom is 0.232 e. The number of amides is 1. The van der Waals surface area contributed by atoms with E-state index in [-0.39, 0.29) is 16.6 Å². The van der Waals surface area contributed by atoms with Crippen molar-refractivity contribution in [3.05, 3.63) is 29.8 Å². The van der Waals surface area contributed by atoms with Gasteiger partial charge in [-0.15, -0.1) is 11.8 Å². The first-order valence-corrected chi connectivity index (χ1v) is 6.01. The van der Waals surface area contributed by atoms with Crippen LogP contribution in [0.3, 0.4) is 0 Å². The van der Waals surface area contributed by atoms with Crippen LogP contribution in [-0.4, -0.2) is 29.6 Å². The lowest BCUT2D eigenvalue weighted by atomic mass is 10.2. The SMILES string of the molecule is O=C(CSc1cc(F)ccc1F)N1CCC1. The van der Waals surface area contributed by atoms with Crippen LogP contribution in [0.4, 0.5) is 8.78 Å². The molecule has 0 spiro atoms. The van der Waals surface area contributed by atoms with E-state index in [1.165, 1.54) is 0 Å². The standard InChI is InChI=1S/C11H11F2NOS/c12-8-2-3-9(13)10(6-8)16-7-11(15)14-4-1-5-14/h2-3,6H,1,4-5,7H2. The molecule has 0 atom stereocenters. The first-order chi connectivity index (χ1) is 7.66. The quantitative estimate of drug-likeness (QED) is 0.759. The fourth-order valence-corrected chi connectivity index (χ4v) is 2.25. The monoisotopic (exact) mass is 243 g/mol. The molecule has 86 valence electrons. The van der Waals surface area contributed by atoms with Crippen molar-refractivity contribution in [3.8, 4) is 0 Å². The Labute approximate surface area is 96.6 Å². The smallest absolute Gasteiger partial charge is 0.232 e. The molecule has 1 saturated heterocycles. The molecule has 2 rings (SSSR count). The van der Waals surface area contributed by atoms with Gasteiger partial charge in [0.25, 0.3) is 0 Å². The number of benzene rings is 1. The second kappa shape index (κ2) is 4.82. The molecule has 5 heteroatoms. The van der Waals surface area contributed by atoms with Crippen LogP contribution in [0, 0.1) is 11.6 Å². The maximum atomic E-state index is 13.2. The molecular weight excluding hydrogens is 232 g/mol. The average Bonchev–Trinajstić information content (AvgIpc) is 2.17. The highest BCUT2D eigenvalue weighted by Gasteiger charge is 2.20. The number of rotatable bonds is 3. The molecule has 0 radical (unpaired) electrons. The number of nitrogens with zero attached hydrogens (tertiary/aromatic N) is 1. The fourth-order valence-electron chi connectivity index (χ4n) is 1.38. The predicted molar refractivity (Wildman–Crippen MR) is 58.3 cm³/mol. The van der Waals surface area contributed by atoms with Gasteiger partial charge in [-0.25, -0.2) is 8.78 Å². The predicted octanol–water partition coefficient (Wildman–Crippen LogP) is 2.29. The van der Waals surface area contributed by atoms with E-state index in [9.17, 15) is 13.6 Å². The lowest BCUT2D eigenvalue weighted by Gasteiger charge is -2.30. The van der Waals surface area contributed by atoms with Crippen LogP contribution in [-0.2, 0) is 4.79 Å². The minimum atomic E-state index is -0.486. The zero-order valence-electron chi connectivity index (χ0n) is 8.58. The van der Waals surface area contributed by atoms with Gasteiger partial charge >= 0.3 is 0 Å². The third kappa shape index (κ3) is 2.52. The molecule has 1 heterocycles. The molecule has 0 unspecified atom stereocenters. The molecule has 1 aliphatic rings. The maximum absolute atomic E-state index is 13.2. The van der Waals surface area contributed by atoms with Crippen molar-refractivity contribution >= 4 is 17.7 Å². The number of likely N-dealkylation sites (tertiary alicyclic amines) is 1. The third-order valence-electron chi connectivity index (χ3n) is 2.45. The van der Waals surface area contributed by atoms with Gasteiger partial charge in [0.15, 0.2) is 0 Å². The van der Waals surface area contributed by atoms with Crippen LogP contribution in [0.2, 0.25) is 0 Å². The van der Waals surface area contributed by atoms with Gasteiger partial charge in [0, 0.05) is 18.0 Å². The van der Waals surface area contributed by atoms with Gasteiger partial charge in [-0.05, 0) is 24.6 Å². The zero-order valence-corrected chi connectivity index (χ0v) is 9.40. The first kappa shape index (κ1) is 11.4. The summed E-state index contributed by atoms with van der Waals surface area (Å²) in [6.45, 7) is 1.57. The number of hydrogen-bond donors (Lipinski definition) is 0. The fraction of sp³-hybridized carbons (Fsp3) is 0.364. The summed E-state index contributed by atoms with van der Waals surface area (Å²) >= 11 is 1.04. The molecule has 1 fully saturated rings. The van der Waals surface area contributed by atoms with Crippen LogP contribution in [0.15, 0.2) is 23.1 Å². The van der Waals surface area contributed by atoms with E-state index in [0.29, 0.717) is 0 Å². The van der Waals surface area contributed by atoms with Gasteiger partial charge in [-0.3, -0.25) is 4.79 Å². The summed E-state index contributed by atoms with van der Waals surface area (Å²) in [5, 5.41) is 0. The van der Waals surface area contributed by atoms with Crippen molar-refractivity contribution in [1.82, 2.24) is 4.90 Å². The molecule has 0 aliphatic carbocycles. The third-order valence-corrected chi connectivity index (χ3v) is 3.47. The number of halogens is 2. The molecule has 1 aromatic carbocycles. The van der Waals surface area contributed by atoms with E-state index in [2.05, 4.69) is 0 Å². The van der Waals surface area contributed by atoms with Gasteiger partial charge in [-0.2, -0.15) is 0 Å². The summed E-state index contributed by atoms with van der Waals surface area (Å²) < 4.78 is 26.0. The Balaban J connectivity index is 1.93. The van der Waals surface area contributed by atoms with Crippen LogP contribution in [0.5, 0.6) is 0 Å². The largest absolute Gasteiger partial charge is 0.342 e. The molecular formula is C11H11F2NOS. The molecule has 16 heavy (non-hydrogen) atoms. The van der Waals surface area contributed by atoms with Crippen molar-refractivity contribution in [2.75, 3.05) is 18.8 Å². The highest BCUT2D eigenvalue weighted by Crippen LogP contribution is 2.23. The summed E-state index contributed by atoms with van der Waals surface area (Å²) in [4.78, 5) is 13.4. The van der Waals surface area contributed by atoms with E-state index >= 15 is 0 Å². The van der Waals surface area contributed by atoms with Crippen molar-refractivity contribution < 1.29 is 13.6 Å². The van der Waals surface area contributed by atoms with E-state index in [0.717, 1.165) is 49.5 Å². The Kier molecular flexibility index (Phi) is 3.43. The van der Waals surface area contributed by atoms with Gasteiger partial charge < -0.3 is 4.90 Å². The molecule has 0 N–H and O–H groups in total. The van der Waals surface area contributed by atoms with Crippen molar-refractivity contribution in [3.63, 3.8) is 0 Å². The molecule has 0 saturated carbocycles. The average molecular weight is 243 g/mol. The van der Waals surface area contributed by atoms with Crippen molar-refractivity contribution in [2.45, 2.75) is 11.3 Å². The number of carbonyl (C=O) groups is 1. The lowest BCUT2D eigenvalue weighted by Crippen LogP contribution is -2.43. The topological polar surface area (TPSA) is 20.3 Å². The van der Waals surface area contributed by atoms with Gasteiger partial charge in [0.2, 0.25) is 5.91 Å². The van der Waals surface area contributed by atoms with Crippen molar-refractivity contribution in [2.24, 2.45) is 0 Å².